The van der Waals surface area contributed by atoms with Gasteiger partial charge >= 0.3 is 0 Å². The van der Waals surface area contributed by atoms with Gasteiger partial charge in [-0.15, -0.1) is 11.3 Å². The predicted octanol–water partition coefficient (Wildman–Crippen LogP) is 4.62. The van der Waals surface area contributed by atoms with Gasteiger partial charge in [-0.05, 0) is 32.3 Å². The minimum Gasteiger partial charge on any atom is -0.394 e. The molecule has 1 aliphatic rings. The minimum atomic E-state index is -0.173. The van der Waals surface area contributed by atoms with Crippen LogP contribution in [0.1, 0.15) is 57.4 Å². The maximum atomic E-state index is 9.65. The second kappa shape index (κ2) is 8.42. The molecular formula is C19H29N3O2S2. The predicted molar refractivity (Wildman–Crippen MR) is 110 cm³/mol. The van der Waals surface area contributed by atoms with E-state index in [1.54, 1.807) is 23.1 Å². The lowest BCUT2D eigenvalue weighted by Crippen LogP contribution is -2.31. The molecular weight excluding hydrogens is 366 g/mol. The molecule has 0 spiro atoms. The fourth-order valence-electron chi connectivity index (χ4n) is 3.07. The first-order valence-corrected chi connectivity index (χ1v) is 11.2. The maximum absolute atomic E-state index is 9.65. The van der Waals surface area contributed by atoms with Crippen LogP contribution in [0.15, 0.2) is 5.16 Å². The van der Waals surface area contributed by atoms with E-state index in [4.69, 9.17) is 14.7 Å². The van der Waals surface area contributed by atoms with Crippen LogP contribution in [0.3, 0.4) is 0 Å². The first kappa shape index (κ1) is 19.9. The van der Waals surface area contributed by atoms with E-state index in [0.717, 1.165) is 46.2 Å². The summed E-state index contributed by atoms with van der Waals surface area (Å²) in [7, 11) is 0. The van der Waals surface area contributed by atoms with Gasteiger partial charge in [0, 0.05) is 17.1 Å². The van der Waals surface area contributed by atoms with Crippen LogP contribution in [0.5, 0.6) is 0 Å². The highest BCUT2D eigenvalue weighted by molar-refractivity contribution is 7.99. The molecule has 1 unspecified atom stereocenters. The highest BCUT2D eigenvalue weighted by atomic mass is 32.2. The zero-order valence-electron chi connectivity index (χ0n) is 16.1. The van der Waals surface area contributed by atoms with Gasteiger partial charge in [0.05, 0.1) is 30.2 Å². The first-order chi connectivity index (χ1) is 12.5. The van der Waals surface area contributed by atoms with Crippen molar-refractivity contribution >= 4 is 39.1 Å². The topological polar surface area (TPSA) is 67.3 Å². The average molecular weight is 396 g/mol. The molecule has 0 fully saturated rings. The van der Waals surface area contributed by atoms with Gasteiger partial charge in [-0.25, -0.2) is 9.97 Å². The number of nitrogens with one attached hydrogen (secondary N) is 1. The third-order valence-electron chi connectivity index (χ3n) is 4.69. The quantitative estimate of drug-likeness (QED) is 0.386. The molecule has 1 atom stereocenters. The van der Waals surface area contributed by atoms with Crippen LogP contribution in [0.4, 0.5) is 5.82 Å². The Morgan fingerprint density at radius 2 is 2.15 bits per heavy atom. The van der Waals surface area contributed by atoms with Gasteiger partial charge in [0.15, 0.2) is 5.16 Å². The summed E-state index contributed by atoms with van der Waals surface area (Å²) in [5, 5.41) is 15.1. The molecule has 0 saturated carbocycles. The number of fused-ring (bicyclic) bond motifs is 3. The zero-order valence-corrected chi connectivity index (χ0v) is 17.7. The fourth-order valence-corrected chi connectivity index (χ4v) is 5.16. The van der Waals surface area contributed by atoms with E-state index in [2.05, 4.69) is 33.0 Å². The van der Waals surface area contributed by atoms with Crippen LogP contribution in [0.25, 0.3) is 10.2 Å². The number of unbranched alkanes of at least 4 members (excludes halogenated alkanes) is 1. The molecule has 0 bridgehead atoms. The Labute approximate surface area is 164 Å². The lowest BCUT2D eigenvalue weighted by molar-refractivity contribution is -0.0379. The number of aliphatic hydroxyl groups excluding tert-OH is 1. The molecule has 0 amide bonds. The fraction of sp³-hybridized carbons (Fsp3) is 0.684. The Morgan fingerprint density at radius 1 is 1.35 bits per heavy atom. The van der Waals surface area contributed by atoms with Crippen LogP contribution >= 0.6 is 23.1 Å². The Morgan fingerprint density at radius 3 is 2.85 bits per heavy atom. The van der Waals surface area contributed by atoms with E-state index in [0.29, 0.717) is 6.61 Å². The molecule has 5 nitrogen and oxygen atoms in total. The van der Waals surface area contributed by atoms with Crippen LogP contribution in [-0.4, -0.2) is 39.1 Å². The molecule has 2 aromatic rings. The Balaban J connectivity index is 2.04. The zero-order chi connectivity index (χ0) is 18.7. The van der Waals surface area contributed by atoms with Crippen molar-refractivity contribution in [1.82, 2.24) is 9.97 Å². The molecule has 0 saturated heterocycles. The smallest absolute Gasteiger partial charge is 0.190 e. The summed E-state index contributed by atoms with van der Waals surface area (Å²) in [5.74, 6) is 1.89. The van der Waals surface area contributed by atoms with E-state index >= 15 is 0 Å². The monoisotopic (exact) mass is 395 g/mol. The molecule has 2 N–H and O–H groups in total. The summed E-state index contributed by atoms with van der Waals surface area (Å²) in [6.45, 7) is 9.26. The first-order valence-electron chi connectivity index (χ1n) is 9.43. The second-order valence-electron chi connectivity index (χ2n) is 7.40. The lowest BCUT2D eigenvalue weighted by Gasteiger charge is -2.30. The van der Waals surface area contributed by atoms with E-state index in [-0.39, 0.29) is 18.2 Å². The lowest BCUT2D eigenvalue weighted by atomic mass is 9.94. The molecule has 26 heavy (non-hydrogen) atoms. The summed E-state index contributed by atoms with van der Waals surface area (Å²) in [6, 6.07) is 0.00462. The van der Waals surface area contributed by atoms with E-state index in [1.165, 1.54) is 16.9 Å². The number of thiophene rings is 1. The van der Waals surface area contributed by atoms with Crippen molar-refractivity contribution in [2.45, 2.75) is 76.8 Å². The Hall–Kier alpha value is -0.890. The van der Waals surface area contributed by atoms with Crippen molar-refractivity contribution in [3.63, 3.8) is 0 Å². The van der Waals surface area contributed by atoms with Crippen molar-refractivity contribution in [1.29, 1.82) is 0 Å². The van der Waals surface area contributed by atoms with E-state index in [9.17, 15) is 5.11 Å². The number of rotatable bonds is 8. The molecule has 144 valence electrons. The van der Waals surface area contributed by atoms with E-state index in [1.807, 2.05) is 0 Å². The summed E-state index contributed by atoms with van der Waals surface area (Å²) in [6.07, 6.45) is 4.04. The van der Waals surface area contributed by atoms with Gasteiger partial charge in [0.1, 0.15) is 10.6 Å². The molecule has 0 aliphatic carbocycles. The minimum absolute atomic E-state index is 0.00462. The number of hydrogen-bond acceptors (Lipinski definition) is 7. The van der Waals surface area contributed by atoms with Crippen LogP contribution in [0, 0.1) is 0 Å². The third-order valence-corrected chi connectivity index (χ3v) is 6.73. The molecule has 1 aliphatic heterocycles. The molecule has 0 aromatic carbocycles. The number of nitrogens with zero attached hydrogens (tertiary/aromatic N) is 2. The number of thioether (sulfide) groups is 1. The van der Waals surface area contributed by atoms with Crippen LogP contribution in [0.2, 0.25) is 0 Å². The van der Waals surface area contributed by atoms with Crippen LogP contribution in [-0.2, 0) is 17.8 Å². The third kappa shape index (κ3) is 4.32. The molecule has 3 rings (SSSR count). The van der Waals surface area contributed by atoms with Crippen molar-refractivity contribution in [2.24, 2.45) is 0 Å². The Kier molecular flexibility index (Phi) is 6.43. The van der Waals surface area contributed by atoms with Crippen molar-refractivity contribution in [3.8, 4) is 0 Å². The number of aliphatic hydroxyl groups is 1. The SMILES string of the molecule is CCCCSc1nc(NC(CC)CO)c2c3c(sc2n1)COC(C)(C)C3. The molecule has 0 radical (unpaired) electrons. The van der Waals surface area contributed by atoms with Crippen molar-refractivity contribution in [2.75, 3.05) is 17.7 Å². The van der Waals surface area contributed by atoms with E-state index < -0.39 is 0 Å². The maximum Gasteiger partial charge on any atom is 0.190 e. The highest BCUT2D eigenvalue weighted by Crippen LogP contribution is 2.41. The van der Waals surface area contributed by atoms with Gasteiger partial charge in [-0.3, -0.25) is 0 Å². The summed E-state index contributed by atoms with van der Waals surface area (Å²) in [4.78, 5) is 11.9. The number of ether oxygens (including phenoxy) is 1. The Bertz CT molecular complexity index is 757. The largest absolute Gasteiger partial charge is 0.394 e. The van der Waals surface area contributed by atoms with Gasteiger partial charge < -0.3 is 15.2 Å². The van der Waals surface area contributed by atoms with Crippen LogP contribution < -0.4 is 5.32 Å². The van der Waals surface area contributed by atoms with Gasteiger partial charge in [-0.2, -0.15) is 0 Å². The summed E-state index contributed by atoms with van der Waals surface area (Å²) >= 11 is 3.43. The summed E-state index contributed by atoms with van der Waals surface area (Å²) < 4.78 is 5.99. The van der Waals surface area contributed by atoms with Crippen molar-refractivity contribution in [3.05, 3.63) is 10.4 Å². The highest BCUT2D eigenvalue weighted by Gasteiger charge is 2.31. The van der Waals surface area contributed by atoms with Crippen molar-refractivity contribution < 1.29 is 9.84 Å². The number of anilines is 1. The van der Waals surface area contributed by atoms with Gasteiger partial charge in [0.2, 0.25) is 0 Å². The normalized spacial score (nSPS) is 17.3. The number of aromatic nitrogens is 2. The number of hydrogen-bond donors (Lipinski definition) is 2. The van der Waals surface area contributed by atoms with Gasteiger partial charge in [0.25, 0.3) is 0 Å². The average Bonchev–Trinajstić information content (AvgIpc) is 2.96. The molecule has 2 aromatic heterocycles. The molecule has 7 heteroatoms. The second-order valence-corrected chi connectivity index (χ2v) is 9.54. The standard InChI is InChI=1S/C19H29N3O2S2/c1-5-7-8-25-18-21-16(20-12(6-2)10-23)15-13-9-19(3,4)24-11-14(13)26-17(15)22-18/h12,23H,5-11H2,1-4H3,(H,20,21,22). The molecule has 3 heterocycles. The summed E-state index contributed by atoms with van der Waals surface area (Å²) in [5.41, 5.74) is 1.13. The van der Waals surface area contributed by atoms with Gasteiger partial charge in [-0.1, -0.05) is 32.0 Å².